The topological polar surface area (TPSA) is 64.3 Å². The SMILES string of the molecule is CC1CN(c2ncnc(Cl)c2N)C(C)CO1. The number of hydrogen-bond acceptors (Lipinski definition) is 5. The van der Waals surface area contributed by atoms with Crippen LogP contribution in [0.3, 0.4) is 0 Å². The molecule has 2 heterocycles. The van der Waals surface area contributed by atoms with Gasteiger partial charge in [0.2, 0.25) is 0 Å². The lowest BCUT2D eigenvalue weighted by Gasteiger charge is -2.38. The Balaban J connectivity index is 2.31. The van der Waals surface area contributed by atoms with Crippen molar-refractivity contribution in [2.45, 2.75) is 26.0 Å². The molecule has 0 aliphatic carbocycles. The molecule has 1 aromatic heterocycles. The zero-order valence-electron chi connectivity index (χ0n) is 9.35. The van der Waals surface area contributed by atoms with Gasteiger partial charge < -0.3 is 15.4 Å². The molecule has 0 spiro atoms. The lowest BCUT2D eigenvalue weighted by atomic mass is 10.2. The van der Waals surface area contributed by atoms with E-state index in [1.54, 1.807) is 0 Å². The zero-order chi connectivity index (χ0) is 11.7. The van der Waals surface area contributed by atoms with Gasteiger partial charge in [0.1, 0.15) is 12.0 Å². The van der Waals surface area contributed by atoms with Gasteiger partial charge >= 0.3 is 0 Å². The lowest BCUT2D eigenvalue weighted by Crippen LogP contribution is -2.48. The number of anilines is 2. The molecule has 2 N–H and O–H groups in total. The standard InChI is InChI=1S/C10H15ClN4O/c1-6-4-16-7(2)3-15(6)10-8(12)9(11)13-5-14-10/h5-7H,3-4,12H2,1-2H3. The van der Waals surface area contributed by atoms with Crippen molar-refractivity contribution in [1.29, 1.82) is 0 Å². The van der Waals surface area contributed by atoms with Crippen LogP contribution in [-0.4, -0.2) is 35.3 Å². The predicted octanol–water partition coefficient (Wildman–Crippen LogP) is 1.33. The minimum Gasteiger partial charge on any atom is -0.393 e. The van der Waals surface area contributed by atoms with Gasteiger partial charge in [-0.05, 0) is 13.8 Å². The third-order valence-corrected chi connectivity index (χ3v) is 3.00. The molecule has 1 aliphatic heterocycles. The Morgan fingerprint density at radius 1 is 1.50 bits per heavy atom. The fraction of sp³-hybridized carbons (Fsp3) is 0.600. The maximum absolute atomic E-state index is 5.88. The molecule has 2 unspecified atom stereocenters. The molecule has 0 aromatic carbocycles. The summed E-state index contributed by atoms with van der Waals surface area (Å²) in [7, 11) is 0. The molecule has 1 fully saturated rings. The number of halogens is 1. The summed E-state index contributed by atoms with van der Waals surface area (Å²) in [6, 6.07) is 0.240. The van der Waals surface area contributed by atoms with Crippen molar-refractivity contribution < 1.29 is 4.74 Å². The van der Waals surface area contributed by atoms with E-state index in [9.17, 15) is 0 Å². The van der Waals surface area contributed by atoms with Crippen molar-refractivity contribution in [2.24, 2.45) is 0 Å². The van der Waals surface area contributed by atoms with E-state index in [2.05, 4.69) is 21.8 Å². The van der Waals surface area contributed by atoms with Gasteiger partial charge in [-0.1, -0.05) is 11.6 Å². The first-order valence-corrected chi connectivity index (χ1v) is 5.61. The van der Waals surface area contributed by atoms with Crippen molar-refractivity contribution in [2.75, 3.05) is 23.8 Å². The number of nitrogen functional groups attached to an aromatic ring is 1. The van der Waals surface area contributed by atoms with Crippen LogP contribution in [-0.2, 0) is 4.74 Å². The quantitative estimate of drug-likeness (QED) is 0.753. The fourth-order valence-electron chi connectivity index (χ4n) is 1.79. The number of rotatable bonds is 1. The number of aromatic nitrogens is 2. The Bertz CT molecular complexity index is 387. The van der Waals surface area contributed by atoms with Crippen LogP contribution < -0.4 is 10.6 Å². The molecule has 2 atom stereocenters. The maximum atomic E-state index is 5.88. The molecule has 0 radical (unpaired) electrons. The molecule has 5 nitrogen and oxygen atoms in total. The van der Waals surface area contributed by atoms with Crippen molar-refractivity contribution in [3.63, 3.8) is 0 Å². The molecule has 0 bridgehead atoms. The Kier molecular flexibility index (Phi) is 3.16. The number of nitrogens with two attached hydrogens (primary N) is 1. The molecule has 1 aromatic rings. The summed E-state index contributed by atoms with van der Waals surface area (Å²) in [5.74, 6) is 0.697. The Hall–Kier alpha value is -1.07. The first-order valence-electron chi connectivity index (χ1n) is 5.23. The average molecular weight is 243 g/mol. The first-order chi connectivity index (χ1) is 7.59. The normalized spacial score (nSPS) is 25.8. The first kappa shape index (κ1) is 11.4. The van der Waals surface area contributed by atoms with Crippen LogP contribution in [0.4, 0.5) is 11.5 Å². The predicted molar refractivity (Wildman–Crippen MR) is 63.7 cm³/mol. The number of hydrogen-bond donors (Lipinski definition) is 1. The highest BCUT2D eigenvalue weighted by Crippen LogP contribution is 2.28. The summed E-state index contributed by atoms with van der Waals surface area (Å²) in [5, 5.41) is 0.302. The van der Waals surface area contributed by atoms with Crippen molar-refractivity contribution >= 4 is 23.1 Å². The van der Waals surface area contributed by atoms with Crippen LogP contribution in [0.2, 0.25) is 5.15 Å². The monoisotopic (exact) mass is 242 g/mol. The molecule has 6 heteroatoms. The van der Waals surface area contributed by atoms with Gasteiger partial charge in [0, 0.05) is 6.54 Å². The highest BCUT2D eigenvalue weighted by molar-refractivity contribution is 6.32. The summed E-state index contributed by atoms with van der Waals surface area (Å²) in [6.07, 6.45) is 1.60. The van der Waals surface area contributed by atoms with E-state index in [4.69, 9.17) is 22.1 Å². The Labute approximate surface area is 99.6 Å². The summed E-state index contributed by atoms with van der Waals surface area (Å²) >= 11 is 5.88. The largest absolute Gasteiger partial charge is 0.393 e. The van der Waals surface area contributed by atoms with Gasteiger partial charge in [0.25, 0.3) is 0 Å². The molecular weight excluding hydrogens is 228 g/mol. The van der Waals surface area contributed by atoms with E-state index in [0.29, 0.717) is 23.3 Å². The molecule has 16 heavy (non-hydrogen) atoms. The van der Waals surface area contributed by atoms with Crippen LogP contribution in [0, 0.1) is 0 Å². The van der Waals surface area contributed by atoms with E-state index in [-0.39, 0.29) is 12.1 Å². The average Bonchev–Trinajstić information content (AvgIpc) is 2.26. The van der Waals surface area contributed by atoms with Crippen LogP contribution >= 0.6 is 11.6 Å². The molecule has 0 amide bonds. The highest BCUT2D eigenvalue weighted by atomic mass is 35.5. The van der Waals surface area contributed by atoms with Crippen molar-refractivity contribution in [3.8, 4) is 0 Å². The fourth-order valence-corrected chi connectivity index (χ4v) is 1.92. The minimum atomic E-state index is 0.171. The van der Waals surface area contributed by atoms with E-state index in [1.807, 2.05) is 6.92 Å². The second-order valence-corrected chi connectivity index (χ2v) is 4.41. The smallest absolute Gasteiger partial charge is 0.157 e. The lowest BCUT2D eigenvalue weighted by molar-refractivity contribution is 0.0341. The third kappa shape index (κ3) is 2.05. The number of nitrogens with zero attached hydrogens (tertiary/aromatic N) is 3. The van der Waals surface area contributed by atoms with Gasteiger partial charge in [-0.2, -0.15) is 0 Å². The summed E-state index contributed by atoms with van der Waals surface area (Å²) < 4.78 is 5.55. The minimum absolute atomic E-state index is 0.171. The van der Waals surface area contributed by atoms with Crippen LogP contribution in [0.1, 0.15) is 13.8 Å². The summed E-state index contributed by atoms with van der Waals surface area (Å²) in [6.45, 7) is 5.53. The van der Waals surface area contributed by atoms with Gasteiger partial charge in [-0.25, -0.2) is 9.97 Å². The molecule has 1 aliphatic rings. The molecular formula is C10H15ClN4O. The maximum Gasteiger partial charge on any atom is 0.157 e. The molecule has 88 valence electrons. The highest BCUT2D eigenvalue weighted by Gasteiger charge is 2.26. The van der Waals surface area contributed by atoms with E-state index in [0.717, 1.165) is 6.54 Å². The van der Waals surface area contributed by atoms with E-state index in [1.165, 1.54) is 6.33 Å². The molecule has 1 saturated heterocycles. The number of morpholine rings is 1. The van der Waals surface area contributed by atoms with E-state index >= 15 is 0 Å². The Morgan fingerprint density at radius 3 is 3.00 bits per heavy atom. The van der Waals surface area contributed by atoms with Gasteiger partial charge in [0.05, 0.1) is 18.8 Å². The van der Waals surface area contributed by atoms with Crippen molar-refractivity contribution in [1.82, 2.24) is 9.97 Å². The summed E-state index contributed by atoms with van der Waals surface area (Å²) in [5.41, 5.74) is 6.32. The van der Waals surface area contributed by atoms with Crippen LogP contribution in [0.5, 0.6) is 0 Å². The second kappa shape index (κ2) is 4.43. The van der Waals surface area contributed by atoms with Gasteiger partial charge in [-0.15, -0.1) is 0 Å². The van der Waals surface area contributed by atoms with Crippen LogP contribution in [0.15, 0.2) is 6.33 Å². The third-order valence-electron chi connectivity index (χ3n) is 2.69. The van der Waals surface area contributed by atoms with E-state index < -0.39 is 0 Å². The summed E-state index contributed by atoms with van der Waals surface area (Å²) in [4.78, 5) is 10.2. The van der Waals surface area contributed by atoms with Gasteiger partial charge in [0.15, 0.2) is 11.0 Å². The second-order valence-electron chi connectivity index (χ2n) is 4.05. The van der Waals surface area contributed by atoms with Crippen LogP contribution in [0.25, 0.3) is 0 Å². The zero-order valence-corrected chi connectivity index (χ0v) is 10.1. The number of ether oxygens (including phenoxy) is 1. The molecule has 0 saturated carbocycles. The molecule has 2 rings (SSSR count). The van der Waals surface area contributed by atoms with Gasteiger partial charge in [-0.3, -0.25) is 0 Å². The Morgan fingerprint density at radius 2 is 2.25 bits per heavy atom. The van der Waals surface area contributed by atoms with Crippen molar-refractivity contribution in [3.05, 3.63) is 11.5 Å².